The Hall–Kier alpha value is -0.720. The number of hydrogen-bond acceptors (Lipinski definition) is 1. The van der Waals surface area contributed by atoms with E-state index in [4.69, 9.17) is 0 Å². The minimum Gasteiger partial charge on any atom is -0.388 e. The fraction of sp³-hybridized carbons (Fsp3) is 0.500. The van der Waals surface area contributed by atoms with Gasteiger partial charge in [0.25, 0.3) is 0 Å². The summed E-state index contributed by atoms with van der Waals surface area (Å²) in [6.45, 7) is 10.1. The Morgan fingerprint density at radius 2 is 1.67 bits per heavy atom. The van der Waals surface area contributed by atoms with E-state index in [2.05, 4.69) is 32.7 Å². The highest BCUT2D eigenvalue weighted by Crippen LogP contribution is 2.07. The van der Waals surface area contributed by atoms with E-state index in [9.17, 15) is 0 Å². The van der Waals surface area contributed by atoms with Gasteiger partial charge in [0.1, 0.15) is 0 Å². The normalized spacial score (nSPS) is 8.44. The molecule has 0 aliphatic carbocycles. The van der Waals surface area contributed by atoms with Crippen LogP contribution in [0.15, 0.2) is 23.4 Å². The van der Waals surface area contributed by atoms with Gasteiger partial charge >= 0.3 is 0 Å². The van der Waals surface area contributed by atoms with Crippen molar-refractivity contribution in [1.29, 1.82) is 0 Å². The molecule has 0 saturated heterocycles. The van der Waals surface area contributed by atoms with Gasteiger partial charge in [0, 0.05) is 12.7 Å². The van der Waals surface area contributed by atoms with Crippen LogP contribution in [0.1, 0.15) is 20.8 Å². The smallest absolute Gasteiger partial charge is 0.0293 e. The number of allylic oxidation sites excluding steroid dienone is 2. The molecular formula is C8H15N. The summed E-state index contributed by atoms with van der Waals surface area (Å²) in [6.07, 6.45) is 0. The third-order valence-electron chi connectivity index (χ3n) is 1.50. The predicted octanol–water partition coefficient (Wildman–Crippen LogP) is 2.08. The minimum atomic E-state index is 1.01. The summed E-state index contributed by atoms with van der Waals surface area (Å²) in [7, 11) is 1.88. The monoisotopic (exact) mass is 125 g/mol. The second-order valence-corrected chi connectivity index (χ2v) is 2.35. The molecule has 1 N–H and O–H groups in total. The SMILES string of the molecule is C=C(NC)C(C)=C(C)C. The zero-order chi connectivity index (χ0) is 7.44. The van der Waals surface area contributed by atoms with E-state index in [1.54, 1.807) is 0 Å². The van der Waals surface area contributed by atoms with Crippen molar-refractivity contribution < 1.29 is 0 Å². The zero-order valence-corrected chi connectivity index (χ0v) is 6.71. The molecule has 0 heterocycles. The van der Waals surface area contributed by atoms with Crippen molar-refractivity contribution in [2.24, 2.45) is 0 Å². The Kier molecular flexibility index (Phi) is 3.07. The molecule has 0 saturated carbocycles. The first kappa shape index (κ1) is 8.28. The lowest BCUT2D eigenvalue weighted by Gasteiger charge is -2.05. The lowest BCUT2D eigenvalue weighted by Crippen LogP contribution is -2.05. The van der Waals surface area contributed by atoms with Gasteiger partial charge in [-0.25, -0.2) is 0 Å². The zero-order valence-electron chi connectivity index (χ0n) is 6.71. The summed E-state index contributed by atoms with van der Waals surface area (Å²) in [4.78, 5) is 0. The van der Waals surface area contributed by atoms with Crippen LogP contribution in [-0.2, 0) is 0 Å². The molecule has 0 radical (unpaired) electrons. The van der Waals surface area contributed by atoms with E-state index in [1.165, 1.54) is 11.1 Å². The summed E-state index contributed by atoms with van der Waals surface area (Å²) < 4.78 is 0. The Bertz CT molecular complexity index is 139. The third kappa shape index (κ3) is 2.36. The molecule has 0 aliphatic rings. The molecule has 0 fully saturated rings. The second-order valence-electron chi connectivity index (χ2n) is 2.35. The van der Waals surface area contributed by atoms with Gasteiger partial charge in [0.15, 0.2) is 0 Å². The van der Waals surface area contributed by atoms with Gasteiger partial charge in [-0.2, -0.15) is 0 Å². The maximum atomic E-state index is 3.83. The molecule has 0 amide bonds. The highest BCUT2D eigenvalue weighted by molar-refractivity contribution is 5.27. The van der Waals surface area contributed by atoms with Crippen molar-refractivity contribution in [3.8, 4) is 0 Å². The van der Waals surface area contributed by atoms with Crippen molar-refractivity contribution in [1.82, 2.24) is 5.32 Å². The fourth-order valence-corrected chi connectivity index (χ4v) is 0.489. The van der Waals surface area contributed by atoms with Crippen molar-refractivity contribution in [2.75, 3.05) is 7.05 Å². The number of likely N-dealkylation sites (N-methyl/N-ethyl adjacent to an activating group) is 1. The largest absolute Gasteiger partial charge is 0.388 e. The van der Waals surface area contributed by atoms with Crippen LogP contribution in [0.5, 0.6) is 0 Å². The summed E-state index contributed by atoms with van der Waals surface area (Å²) in [5.41, 5.74) is 3.57. The second kappa shape index (κ2) is 3.33. The Balaban J connectivity index is 4.21. The Morgan fingerprint density at radius 1 is 1.22 bits per heavy atom. The molecular weight excluding hydrogens is 110 g/mol. The van der Waals surface area contributed by atoms with E-state index < -0.39 is 0 Å². The van der Waals surface area contributed by atoms with E-state index >= 15 is 0 Å². The highest BCUT2D eigenvalue weighted by Gasteiger charge is 1.92. The predicted molar refractivity (Wildman–Crippen MR) is 42.2 cm³/mol. The van der Waals surface area contributed by atoms with Crippen LogP contribution in [0.2, 0.25) is 0 Å². The van der Waals surface area contributed by atoms with Crippen LogP contribution in [0.4, 0.5) is 0 Å². The molecule has 0 aliphatic heterocycles. The van der Waals surface area contributed by atoms with Crippen molar-refractivity contribution >= 4 is 0 Å². The van der Waals surface area contributed by atoms with Gasteiger partial charge in [-0.1, -0.05) is 12.2 Å². The summed E-state index contributed by atoms with van der Waals surface area (Å²) in [5, 5.41) is 2.99. The van der Waals surface area contributed by atoms with E-state index in [-0.39, 0.29) is 0 Å². The standard InChI is InChI=1S/C8H15N/c1-6(2)7(3)8(4)9-5/h9H,4H2,1-3,5H3. The molecule has 0 atom stereocenters. The van der Waals surface area contributed by atoms with Gasteiger partial charge in [0.05, 0.1) is 0 Å². The van der Waals surface area contributed by atoms with Crippen LogP contribution in [-0.4, -0.2) is 7.05 Å². The van der Waals surface area contributed by atoms with E-state index in [0.29, 0.717) is 0 Å². The molecule has 0 aromatic heterocycles. The van der Waals surface area contributed by atoms with Crippen LogP contribution in [0, 0.1) is 0 Å². The number of hydrogen-bond donors (Lipinski definition) is 1. The highest BCUT2D eigenvalue weighted by atomic mass is 14.8. The maximum absolute atomic E-state index is 3.83. The van der Waals surface area contributed by atoms with Crippen LogP contribution in [0.3, 0.4) is 0 Å². The molecule has 9 heavy (non-hydrogen) atoms. The molecule has 0 bridgehead atoms. The van der Waals surface area contributed by atoms with Crippen LogP contribution >= 0.6 is 0 Å². The lowest BCUT2D eigenvalue weighted by molar-refractivity contribution is 0.992. The molecule has 0 rings (SSSR count). The summed E-state index contributed by atoms with van der Waals surface area (Å²) in [6, 6.07) is 0. The lowest BCUT2D eigenvalue weighted by atomic mass is 10.1. The number of rotatable bonds is 2. The van der Waals surface area contributed by atoms with Gasteiger partial charge in [-0.15, -0.1) is 0 Å². The molecule has 1 heteroatoms. The third-order valence-corrected chi connectivity index (χ3v) is 1.50. The molecule has 1 nitrogen and oxygen atoms in total. The van der Waals surface area contributed by atoms with Crippen molar-refractivity contribution in [3.05, 3.63) is 23.4 Å². The first-order chi connectivity index (χ1) is 4.09. The fourth-order valence-electron chi connectivity index (χ4n) is 0.489. The molecule has 0 unspecified atom stereocenters. The maximum Gasteiger partial charge on any atom is 0.0293 e. The molecule has 0 spiro atoms. The Morgan fingerprint density at radius 3 is 1.78 bits per heavy atom. The quantitative estimate of drug-likeness (QED) is 0.557. The first-order valence-electron chi connectivity index (χ1n) is 3.10. The van der Waals surface area contributed by atoms with Gasteiger partial charge in [-0.05, 0) is 26.3 Å². The molecule has 52 valence electrons. The molecule has 0 aromatic rings. The minimum absolute atomic E-state index is 1.01. The van der Waals surface area contributed by atoms with Gasteiger partial charge in [-0.3, -0.25) is 0 Å². The molecule has 0 aromatic carbocycles. The summed E-state index contributed by atoms with van der Waals surface area (Å²) in [5.74, 6) is 0. The van der Waals surface area contributed by atoms with Crippen LogP contribution < -0.4 is 5.32 Å². The van der Waals surface area contributed by atoms with E-state index in [1.807, 2.05) is 7.05 Å². The van der Waals surface area contributed by atoms with Gasteiger partial charge < -0.3 is 5.32 Å². The average Bonchev–Trinajstić information content (AvgIpc) is 1.84. The summed E-state index contributed by atoms with van der Waals surface area (Å²) >= 11 is 0. The van der Waals surface area contributed by atoms with Gasteiger partial charge in [0.2, 0.25) is 0 Å². The number of nitrogens with one attached hydrogen (secondary N) is 1. The van der Waals surface area contributed by atoms with Crippen molar-refractivity contribution in [3.63, 3.8) is 0 Å². The Labute approximate surface area is 57.5 Å². The van der Waals surface area contributed by atoms with Crippen LogP contribution in [0.25, 0.3) is 0 Å². The van der Waals surface area contributed by atoms with E-state index in [0.717, 1.165) is 5.70 Å². The topological polar surface area (TPSA) is 12.0 Å². The average molecular weight is 125 g/mol. The van der Waals surface area contributed by atoms with Crippen molar-refractivity contribution in [2.45, 2.75) is 20.8 Å². The first-order valence-corrected chi connectivity index (χ1v) is 3.10.